The number of piperazine rings is 1. The Morgan fingerprint density at radius 1 is 1.20 bits per heavy atom. The second kappa shape index (κ2) is 11.5. The first-order chi connectivity index (χ1) is 16.9. The standard InChI is InChI=1S/C29H42N4O2/c1-22-18-27(11-10-25(22)21-33-16-15-30-23(2)20-33)32(3)28(35)29(13-5-4-6-14-29)31-26-9-7-8-24(19-26)12-17-34/h7-11,18-19,23,30-31,34H,4-6,12-17,20-21H2,1-3H3/t23-/m0/s1. The summed E-state index contributed by atoms with van der Waals surface area (Å²) in [6, 6.07) is 15.1. The molecular weight excluding hydrogens is 436 g/mol. The van der Waals surface area contributed by atoms with Gasteiger partial charge in [0, 0.05) is 57.3 Å². The predicted molar refractivity (Wildman–Crippen MR) is 144 cm³/mol. The Labute approximate surface area is 210 Å². The molecule has 1 amide bonds. The van der Waals surface area contributed by atoms with Gasteiger partial charge in [0.15, 0.2) is 0 Å². The summed E-state index contributed by atoms with van der Waals surface area (Å²) in [6.07, 6.45) is 5.55. The lowest BCUT2D eigenvalue weighted by atomic mass is 9.80. The molecule has 1 atom stereocenters. The first-order valence-corrected chi connectivity index (χ1v) is 13.2. The van der Waals surface area contributed by atoms with Crippen molar-refractivity contribution >= 4 is 17.3 Å². The largest absolute Gasteiger partial charge is 0.396 e. The lowest BCUT2D eigenvalue weighted by Crippen LogP contribution is -2.54. The Kier molecular flexibility index (Phi) is 8.47. The zero-order valence-electron chi connectivity index (χ0n) is 21.6. The van der Waals surface area contributed by atoms with Crippen molar-refractivity contribution in [1.29, 1.82) is 0 Å². The molecule has 0 radical (unpaired) electrons. The summed E-state index contributed by atoms with van der Waals surface area (Å²) in [5.41, 5.74) is 4.94. The molecule has 6 nitrogen and oxygen atoms in total. The van der Waals surface area contributed by atoms with Gasteiger partial charge in [0.2, 0.25) is 0 Å². The Balaban J connectivity index is 1.51. The number of aliphatic hydroxyl groups is 1. The fraction of sp³-hybridized carbons (Fsp3) is 0.552. The normalized spacial score (nSPS) is 20.4. The number of carbonyl (C=O) groups is 1. The molecule has 0 unspecified atom stereocenters. The van der Waals surface area contributed by atoms with E-state index in [1.165, 1.54) is 17.5 Å². The number of amides is 1. The molecule has 2 aromatic rings. The van der Waals surface area contributed by atoms with Gasteiger partial charge in [-0.15, -0.1) is 0 Å². The van der Waals surface area contributed by atoms with Crippen molar-refractivity contribution in [3.63, 3.8) is 0 Å². The van der Waals surface area contributed by atoms with Crippen molar-refractivity contribution < 1.29 is 9.90 Å². The van der Waals surface area contributed by atoms with Crippen LogP contribution < -0.4 is 15.5 Å². The third-order valence-electron chi connectivity index (χ3n) is 7.69. The highest BCUT2D eigenvalue weighted by molar-refractivity contribution is 6.02. The van der Waals surface area contributed by atoms with Gasteiger partial charge in [0.05, 0.1) is 0 Å². The van der Waals surface area contributed by atoms with Gasteiger partial charge >= 0.3 is 0 Å². The highest BCUT2D eigenvalue weighted by Crippen LogP contribution is 2.35. The van der Waals surface area contributed by atoms with Crippen molar-refractivity contribution in [3.8, 4) is 0 Å². The summed E-state index contributed by atoms with van der Waals surface area (Å²) >= 11 is 0. The van der Waals surface area contributed by atoms with Crippen molar-refractivity contribution in [2.45, 2.75) is 70.5 Å². The quantitative estimate of drug-likeness (QED) is 0.533. The number of hydrogen-bond donors (Lipinski definition) is 3. The summed E-state index contributed by atoms with van der Waals surface area (Å²) in [7, 11) is 1.91. The fourth-order valence-corrected chi connectivity index (χ4v) is 5.66. The maximum absolute atomic E-state index is 14.0. The first kappa shape index (κ1) is 25.7. The van der Waals surface area contributed by atoms with Crippen LogP contribution in [-0.4, -0.2) is 60.8 Å². The number of aryl methyl sites for hydroxylation is 1. The fourth-order valence-electron chi connectivity index (χ4n) is 5.66. The van der Waals surface area contributed by atoms with Gasteiger partial charge in [-0.05, 0) is 74.1 Å². The third kappa shape index (κ3) is 6.24. The van der Waals surface area contributed by atoms with E-state index in [0.717, 1.165) is 68.8 Å². The van der Waals surface area contributed by atoms with Crippen molar-refractivity contribution in [3.05, 3.63) is 59.2 Å². The highest BCUT2D eigenvalue weighted by Gasteiger charge is 2.41. The molecule has 3 N–H and O–H groups in total. The van der Waals surface area contributed by atoms with Crippen LogP contribution in [0.5, 0.6) is 0 Å². The molecule has 1 aliphatic carbocycles. The molecule has 1 saturated heterocycles. The number of carbonyl (C=O) groups excluding carboxylic acids is 1. The van der Waals surface area contributed by atoms with Crippen LogP contribution in [0.2, 0.25) is 0 Å². The number of rotatable bonds is 8. The molecule has 4 rings (SSSR count). The number of nitrogens with zero attached hydrogens (tertiary/aromatic N) is 2. The van der Waals surface area contributed by atoms with Crippen LogP contribution in [0.15, 0.2) is 42.5 Å². The minimum atomic E-state index is -0.603. The predicted octanol–water partition coefficient (Wildman–Crippen LogP) is 4.10. The van der Waals surface area contributed by atoms with Gasteiger partial charge in [0.25, 0.3) is 5.91 Å². The summed E-state index contributed by atoms with van der Waals surface area (Å²) < 4.78 is 0. The molecule has 2 fully saturated rings. The lowest BCUT2D eigenvalue weighted by molar-refractivity contribution is -0.123. The highest BCUT2D eigenvalue weighted by atomic mass is 16.3. The van der Waals surface area contributed by atoms with E-state index in [2.05, 4.69) is 53.6 Å². The maximum Gasteiger partial charge on any atom is 0.252 e. The molecule has 0 bridgehead atoms. The Bertz CT molecular complexity index is 1000. The van der Waals surface area contributed by atoms with Crippen LogP contribution in [0.3, 0.4) is 0 Å². The first-order valence-electron chi connectivity index (χ1n) is 13.2. The summed E-state index contributed by atoms with van der Waals surface area (Å²) in [5.74, 6) is 0.132. The Morgan fingerprint density at radius 3 is 2.71 bits per heavy atom. The number of nitrogens with one attached hydrogen (secondary N) is 2. The van der Waals surface area contributed by atoms with E-state index in [9.17, 15) is 9.90 Å². The summed E-state index contributed by atoms with van der Waals surface area (Å²) in [4.78, 5) is 18.3. The number of aliphatic hydroxyl groups excluding tert-OH is 1. The van der Waals surface area contributed by atoms with Gasteiger partial charge in [-0.3, -0.25) is 9.69 Å². The minimum Gasteiger partial charge on any atom is -0.396 e. The molecule has 1 heterocycles. The van der Waals surface area contributed by atoms with Crippen molar-refractivity contribution in [2.24, 2.45) is 0 Å². The van der Waals surface area contributed by atoms with Crippen LogP contribution in [-0.2, 0) is 17.8 Å². The molecule has 190 valence electrons. The van der Waals surface area contributed by atoms with Crippen molar-refractivity contribution in [2.75, 3.05) is 43.5 Å². The zero-order valence-corrected chi connectivity index (χ0v) is 21.6. The number of benzene rings is 2. The molecule has 2 aliphatic rings. The van der Waals surface area contributed by atoms with E-state index < -0.39 is 5.54 Å². The summed E-state index contributed by atoms with van der Waals surface area (Å²) in [5, 5.41) is 16.5. The monoisotopic (exact) mass is 478 g/mol. The average molecular weight is 479 g/mol. The molecule has 1 aliphatic heterocycles. The van der Waals surface area contributed by atoms with E-state index in [1.807, 2.05) is 30.1 Å². The number of hydrogen-bond acceptors (Lipinski definition) is 5. The smallest absolute Gasteiger partial charge is 0.252 e. The SMILES string of the molecule is Cc1cc(N(C)C(=O)C2(Nc3cccc(CCO)c3)CCCCC2)ccc1CN1CCN[C@@H](C)C1. The molecule has 1 saturated carbocycles. The van der Waals surface area contributed by atoms with E-state index in [0.29, 0.717) is 12.5 Å². The Morgan fingerprint density at radius 2 is 2.00 bits per heavy atom. The van der Waals surface area contributed by atoms with Gasteiger partial charge in [-0.25, -0.2) is 0 Å². The number of anilines is 2. The third-order valence-corrected chi connectivity index (χ3v) is 7.69. The van der Waals surface area contributed by atoms with Gasteiger partial charge in [-0.2, -0.15) is 0 Å². The van der Waals surface area contributed by atoms with E-state index in [4.69, 9.17) is 0 Å². The summed E-state index contributed by atoms with van der Waals surface area (Å²) in [6.45, 7) is 8.63. The van der Waals surface area contributed by atoms with Crippen LogP contribution in [0.1, 0.15) is 55.7 Å². The van der Waals surface area contributed by atoms with Gasteiger partial charge < -0.3 is 20.6 Å². The molecule has 0 spiro atoms. The van der Waals surface area contributed by atoms with Gasteiger partial charge in [-0.1, -0.05) is 37.5 Å². The Hall–Kier alpha value is -2.41. The lowest BCUT2D eigenvalue weighted by Gasteiger charge is -2.40. The molecule has 0 aromatic heterocycles. The van der Waals surface area contributed by atoms with Crippen LogP contribution in [0, 0.1) is 6.92 Å². The van der Waals surface area contributed by atoms with E-state index >= 15 is 0 Å². The maximum atomic E-state index is 14.0. The average Bonchev–Trinajstić information content (AvgIpc) is 2.85. The molecule has 6 heteroatoms. The second-order valence-electron chi connectivity index (χ2n) is 10.5. The van der Waals surface area contributed by atoms with Crippen LogP contribution in [0.25, 0.3) is 0 Å². The van der Waals surface area contributed by atoms with Crippen LogP contribution >= 0.6 is 0 Å². The van der Waals surface area contributed by atoms with E-state index in [-0.39, 0.29) is 12.5 Å². The topological polar surface area (TPSA) is 67.8 Å². The number of likely N-dealkylation sites (N-methyl/N-ethyl adjacent to an activating group) is 1. The van der Waals surface area contributed by atoms with Crippen molar-refractivity contribution in [1.82, 2.24) is 10.2 Å². The van der Waals surface area contributed by atoms with E-state index in [1.54, 1.807) is 0 Å². The molecular formula is C29H42N4O2. The molecule has 35 heavy (non-hydrogen) atoms. The minimum absolute atomic E-state index is 0.124. The zero-order chi connectivity index (χ0) is 24.8. The van der Waals surface area contributed by atoms with Crippen LogP contribution in [0.4, 0.5) is 11.4 Å². The molecule has 2 aromatic carbocycles. The van der Waals surface area contributed by atoms with Gasteiger partial charge in [0.1, 0.15) is 5.54 Å². The second-order valence-corrected chi connectivity index (χ2v) is 10.5.